The smallest absolute Gasteiger partial charge is 0.330 e. The van der Waals surface area contributed by atoms with E-state index in [1.165, 1.54) is 10.8 Å². The number of carbonyl (C=O) groups excluding carboxylic acids is 2. The zero-order valence-corrected chi connectivity index (χ0v) is 14.3. The molecule has 6 nitrogen and oxygen atoms in total. The fraction of sp³-hybridized carbons (Fsp3) is 0.235. The van der Waals surface area contributed by atoms with Gasteiger partial charge in [0.1, 0.15) is 5.75 Å². The third kappa shape index (κ3) is 4.02. The molecule has 24 heavy (non-hydrogen) atoms. The summed E-state index contributed by atoms with van der Waals surface area (Å²) in [5.41, 5.74) is 1.67. The predicted octanol–water partition coefficient (Wildman–Crippen LogP) is 3.56. The summed E-state index contributed by atoms with van der Waals surface area (Å²) in [4.78, 5) is 22.5. The summed E-state index contributed by atoms with van der Waals surface area (Å²) in [7, 11) is 1.68. The van der Waals surface area contributed by atoms with E-state index in [2.05, 4.69) is 5.10 Å². The standard InChI is InChI=1S/C17H17ClN2O4/c1-4-23-16(22)8-6-12-5-7-15(14(18)9-12)24-17-13(10-21)11(2)19-20(17)3/h5-10H,4H2,1-3H3. The van der Waals surface area contributed by atoms with Crippen LogP contribution in [0.15, 0.2) is 24.3 Å². The zero-order valence-electron chi connectivity index (χ0n) is 13.6. The Morgan fingerprint density at radius 3 is 2.79 bits per heavy atom. The first-order valence-electron chi connectivity index (χ1n) is 7.27. The second-order valence-electron chi connectivity index (χ2n) is 4.92. The quantitative estimate of drug-likeness (QED) is 0.453. The maximum absolute atomic E-state index is 11.3. The molecule has 0 atom stereocenters. The number of benzene rings is 1. The van der Waals surface area contributed by atoms with Crippen LogP contribution in [0.5, 0.6) is 11.6 Å². The number of aromatic nitrogens is 2. The van der Waals surface area contributed by atoms with E-state index in [0.29, 0.717) is 40.8 Å². The minimum Gasteiger partial charge on any atom is -0.463 e. The normalized spacial score (nSPS) is 10.8. The zero-order chi connectivity index (χ0) is 17.7. The summed E-state index contributed by atoms with van der Waals surface area (Å²) >= 11 is 6.22. The van der Waals surface area contributed by atoms with E-state index in [-0.39, 0.29) is 0 Å². The van der Waals surface area contributed by atoms with Crippen molar-refractivity contribution in [2.45, 2.75) is 13.8 Å². The second-order valence-corrected chi connectivity index (χ2v) is 5.33. The van der Waals surface area contributed by atoms with Crippen LogP contribution in [0.2, 0.25) is 5.02 Å². The number of esters is 1. The van der Waals surface area contributed by atoms with E-state index >= 15 is 0 Å². The molecule has 0 unspecified atom stereocenters. The van der Waals surface area contributed by atoms with Gasteiger partial charge in [-0.1, -0.05) is 17.7 Å². The number of carbonyl (C=O) groups is 2. The molecule has 1 aromatic heterocycles. The lowest BCUT2D eigenvalue weighted by Gasteiger charge is -2.09. The Bertz CT molecular complexity index is 796. The first-order chi connectivity index (χ1) is 11.5. The minimum atomic E-state index is -0.421. The Morgan fingerprint density at radius 1 is 1.42 bits per heavy atom. The maximum atomic E-state index is 11.3. The highest BCUT2D eigenvalue weighted by molar-refractivity contribution is 6.32. The molecule has 0 amide bonds. The van der Waals surface area contributed by atoms with Crippen LogP contribution in [0.4, 0.5) is 0 Å². The van der Waals surface area contributed by atoms with Crippen LogP contribution in [0, 0.1) is 6.92 Å². The molecule has 0 N–H and O–H groups in total. The molecule has 0 aliphatic carbocycles. The van der Waals surface area contributed by atoms with Gasteiger partial charge in [-0.2, -0.15) is 5.10 Å². The third-order valence-corrected chi connectivity index (χ3v) is 3.49. The van der Waals surface area contributed by atoms with Crippen molar-refractivity contribution < 1.29 is 19.1 Å². The molecule has 7 heteroatoms. The summed E-state index contributed by atoms with van der Waals surface area (Å²) in [6, 6.07) is 5.04. The highest BCUT2D eigenvalue weighted by atomic mass is 35.5. The Morgan fingerprint density at radius 2 is 2.17 bits per heavy atom. The molecule has 0 aliphatic rings. The Balaban J connectivity index is 2.22. The number of rotatable bonds is 6. The topological polar surface area (TPSA) is 70.4 Å². The number of aldehydes is 1. The highest BCUT2D eigenvalue weighted by Gasteiger charge is 2.16. The van der Waals surface area contributed by atoms with Gasteiger partial charge in [0.05, 0.1) is 22.9 Å². The van der Waals surface area contributed by atoms with Crippen molar-refractivity contribution in [3.63, 3.8) is 0 Å². The lowest BCUT2D eigenvalue weighted by molar-refractivity contribution is -0.137. The minimum absolute atomic E-state index is 0.319. The molecular weight excluding hydrogens is 332 g/mol. The van der Waals surface area contributed by atoms with E-state index in [1.54, 1.807) is 45.2 Å². The summed E-state index contributed by atoms with van der Waals surface area (Å²) < 4.78 is 12.0. The first kappa shape index (κ1) is 17.7. The van der Waals surface area contributed by atoms with Crippen LogP contribution in [0.25, 0.3) is 6.08 Å². The van der Waals surface area contributed by atoms with E-state index in [4.69, 9.17) is 21.1 Å². The van der Waals surface area contributed by atoms with E-state index < -0.39 is 5.97 Å². The summed E-state index contributed by atoms with van der Waals surface area (Å²) in [6.07, 6.45) is 3.62. The number of hydrogen-bond acceptors (Lipinski definition) is 5. The van der Waals surface area contributed by atoms with Gasteiger partial charge in [-0.3, -0.25) is 4.79 Å². The highest BCUT2D eigenvalue weighted by Crippen LogP contribution is 2.32. The van der Waals surface area contributed by atoms with Gasteiger partial charge in [0.25, 0.3) is 0 Å². The van der Waals surface area contributed by atoms with Crippen molar-refractivity contribution >= 4 is 29.9 Å². The molecule has 2 rings (SSSR count). The summed E-state index contributed by atoms with van der Waals surface area (Å²) in [6.45, 7) is 3.78. The van der Waals surface area contributed by atoms with E-state index in [0.717, 1.165) is 5.56 Å². The molecule has 1 heterocycles. The molecule has 0 radical (unpaired) electrons. The largest absolute Gasteiger partial charge is 0.463 e. The van der Waals surface area contributed by atoms with Crippen molar-refractivity contribution in [3.05, 3.63) is 46.1 Å². The van der Waals surface area contributed by atoms with E-state index in [1.807, 2.05) is 0 Å². The summed E-state index contributed by atoms with van der Waals surface area (Å²) in [5, 5.41) is 4.49. The number of hydrogen-bond donors (Lipinski definition) is 0. The third-order valence-electron chi connectivity index (χ3n) is 3.19. The van der Waals surface area contributed by atoms with E-state index in [9.17, 15) is 9.59 Å². The fourth-order valence-electron chi connectivity index (χ4n) is 2.07. The Hall–Kier alpha value is -2.60. The summed E-state index contributed by atoms with van der Waals surface area (Å²) in [5.74, 6) is 0.283. The lowest BCUT2D eigenvalue weighted by atomic mass is 10.2. The van der Waals surface area contributed by atoms with Gasteiger partial charge in [0, 0.05) is 13.1 Å². The van der Waals surface area contributed by atoms with Gasteiger partial charge in [0.2, 0.25) is 5.88 Å². The predicted molar refractivity (Wildman–Crippen MR) is 90.5 cm³/mol. The van der Waals surface area contributed by atoms with Crippen LogP contribution < -0.4 is 4.74 Å². The SMILES string of the molecule is CCOC(=O)C=Cc1ccc(Oc2c(C=O)c(C)nn2C)c(Cl)c1. The molecule has 0 spiro atoms. The number of nitrogens with zero attached hydrogens (tertiary/aromatic N) is 2. The second kappa shape index (κ2) is 7.79. The molecule has 0 bridgehead atoms. The van der Waals surface area contributed by atoms with Gasteiger partial charge in [-0.25, -0.2) is 9.48 Å². The van der Waals surface area contributed by atoms with Gasteiger partial charge >= 0.3 is 5.97 Å². The van der Waals surface area contributed by atoms with Gasteiger partial charge in [0.15, 0.2) is 6.29 Å². The molecule has 0 aliphatic heterocycles. The molecule has 0 fully saturated rings. The van der Waals surface area contributed by atoms with Crippen LogP contribution in [-0.2, 0) is 16.6 Å². The average molecular weight is 349 g/mol. The number of halogens is 1. The van der Waals surface area contributed by atoms with Crippen molar-refractivity contribution in [1.29, 1.82) is 0 Å². The van der Waals surface area contributed by atoms with Crippen LogP contribution in [0.3, 0.4) is 0 Å². The average Bonchev–Trinajstić information content (AvgIpc) is 2.81. The molecule has 0 saturated carbocycles. The molecular formula is C17H17ClN2O4. The number of ether oxygens (including phenoxy) is 2. The Kier molecular flexibility index (Phi) is 5.76. The molecule has 0 saturated heterocycles. The molecule has 126 valence electrons. The molecule has 2 aromatic rings. The first-order valence-corrected chi connectivity index (χ1v) is 7.65. The lowest BCUT2D eigenvalue weighted by Crippen LogP contribution is -1.98. The van der Waals surface area contributed by atoms with Crippen molar-refractivity contribution in [1.82, 2.24) is 9.78 Å². The fourth-order valence-corrected chi connectivity index (χ4v) is 2.30. The van der Waals surface area contributed by atoms with Gasteiger partial charge in [-0.05, 0) is 37.6 Å². The Labute approximate surface area is 144 Å². The van der Waals surface area contributed by atoms with Gasteiger partial charge < -0.3 is 9.47 Å². The van der Waals surface area contributed by atoms with Crippen LogP contribution in [-0.4, -0.2) is 28.6 Å². The van der Waals surface area contributed by atoms with Crippen molar-refractivity contribution in [2.75, 3.05) is 6.61 Å². The van der Waals surface area contributed by atoms with Crippen molar-refractivity contribution in [3.8, 4) is 11.6 Å². The monoisotopic (exact) mass is 348 g/mol. The number of aryl methyl sites for hydroxylation is 2. The molecule has 1 aromatic carbocycles. The maximum Gasteiger partial charge on any atom is 0.330 e. The van der Waals surface area contributed by atoms with Crippen LogP contribution >= 0.6 is 11.6 Å². The van der Waals surface area contributed by atoms with Crippen molar-refractivity contribution in [2.24, 2.45) is 7.05 Å². The van der Waals surface area contributed by atoms with Gasteiger partial charge in [-0.15, -0.1) is 0 Å². The van der Waals surface area contributed by atoms with Crippen LogP contribution in [0.1, 0.15) is 28.5 Å².